The molecule has 1 N–H and O–H groups in total. The molecule has 0 atom stereocenters. The molecule has 1 aromatic carbocycles. The second-order valence-electron chi connectivity index (χ2n) is 4.08. The normalized spacial score (nSPS) is 11.5. The fourth-order valence-electron chi connectivity index (χ4n) is 1.51. The molecule has 0 heterocycles. The molecule has 1 rings (SSSR count). The average Bonchev–Trinajstić information content (AvgIpc) is 1.99. The number of rotatable bonds is 3. The van der Waals surface area contributed by atoms with E-state index in [1.165, 1.54) is 6.07 Å². The van der Waals surface area contributed by atoms with Crippen LogP contribution in [0.2, 0.25) is 0 Å². The van der Waals surface area contributed by atoms with Gasteiger partial charge in [-0.3, -0.25) is 4.79 Å². The molecule has 0 unspecified atom stereocenters. The molecule has 0 aliphatic heterocycles. The summed E-state index contributed by atoms with van der Waals surface area (Å²) in [6.07, 6.45) is -0.199. The summed E-state index contributed by atoms with van der Waals surface area (Å²) in [5, 5.41) is 8.66. The minimum absolute atomic E-state index is 0.199. The zero-order valence-corrected chi connectivity index (χ0v) is 8.55. The Morgan fingerprint density at radius 3 is 2.47 bits per heavy atom. The van der Waals surface area contributed by atoms with Gasteiger partial charge in [-0.1, -0.05) is 19.9 Å². The first-order valence-corrected chi connectivity index (χ1v) is 4.50. The van der Waals surface area contributed by atoms with Crippen LogP contribution >= 0.6 is 0 Å². The third-order valence-electron chi connectivity index (χ3n) is 2.25. The molecular formula is C11H12F2O2. The van der Waals surface area contributed by atoms with Crippen molar-refractivity contribution in [3.8, 4) is 0 Å². The van der Waals surface area contributed by atoms with Crippen molar-refractivity contribution in [3.05, 3.63) is 35.4 Å². The summed E-state index contributed by atoms with van der Waals surface area (Å²) in [7, 11) is 0. The number of carbonyl (C=O) groups is 1. The van der Waals surface area contributed by atoms with Crippen LogP contribution in [0.25, 0.3) is 0 Å². The standard InChI is InChI=1S/C11H12F2O2/c1-11(2,6-10(14)15)8-4-3-7(12)5-9(8)13/h3-5H,6H2,1-2H3,(H,14,15). The van der Waals surface area contributed by atoms with Crippen molar-refractivity contribution in [2.45, 2.75) is 25.7 Å². The summed E-state index contributed by atoms with van der Waals surface area (Å²) in [5.74, 6) is -2.38. The maximum atomic E-state index is 13.4. The summed E-state index contributed by atoms with van der Waals surface area (Å²) in [4.78, 5) is 10.6. The van der Waals surface area contributed by atoms with Gasteiger partial charge in [-0.25, -0.2) is 8.78 Å². The van der Waals surface area contributed by atoms with Gasteiger partial charge < -0.3 is 5.11 Å². The highest BCUT2D eigenvalue weighted by Crippen LogP contribution is 2.29. The molecule has 0 fully saturated rings. The van der Waals surface area contributed by atoms with E-state index in [-0.39, 0.29) is 12.0 Å². The van der Waals surface area contributed by atoms with Crippen molar-refractivity contribution in [2.24, 2.45) is 0 Å². The topological polar surface area (TPSA) is 37.3 Å². The summed E-state index contributed by atoms with van der Waals surface area (Å²) in [6, 6.07) is 3.18. The minimum atomic E-state index is -1.01. The van der Waals surface area contributed by atoms with Gasteiger partial charge in [0.05, 0.1) is 6.42 Å². The van der Waals surface area contributed by atoms with Crippen LogP contribution in [0.3, 0.4) is 0 Å². The summed E-state index contributed by atoms with van der Waals surface area (Å²) in [5.41, 5.74) is -0.629. The lowest BCUT2D eigenvalue weighted by molar-refractivity contribution is -0.138. The Morgan fingerprint density at radius 2 is 2.00 bits per heavy atom. The van der Waals surface area contributed by atoms with Gasteiger partial charge in [0.1, 0.15) is 11.6 Å². The highest BCUT2D eigenvalue weighted by Gasteiger charge is 2.27. The van der Waals surface area contributed by atoms with Crippen molar-refractivity contribution in [1.29, 1.82) is 0 Å². The molecule has 4 heteroatoms. The molecule has 0 saturated heterocycles. The first-order chi connectivity index (χ1) is 6.83. The predicted molar refractivity (Wildman–Crippen MR) is 51.6 cm³/mol. The number of carboxylic acid groups (broad SMARTS) is 1. The maximum Gasteiger partial charge on any atom is 0.304 e. The molecule has 0 radical (unpaired) electrons. The second-order valence-corrected chi connectivity index (χ2v) is 4.08. The largest absolute Gasteiger partial charge is 0.481 e. The summed E-state index contributed by atoms with van der Waals surface area (Å²) in [6.45, 7) is 3.22. The lowest BCUT2D eigenvalue weighted by Crippen LogP contribution is -2.23. The molecule has 0 aliphatic rings. The average molecular weight is 214 g/mol. The molecule has 0 aliphatic carbocycles. The Hall–Kier alpha value is -1.45. The Balaban J connectivity index is 3.09. The maximum absolute atomic E-state index is 13.4. The number of aliphatic carboxylic acids is 1. The lowest BCUT2D eigenvalue weighted by atomic mass is 9.81. The first kappa shape index (κ1) is 11.6. The van der Waals surface area contributed by atoms with Crippen LogP contribution in [0.4, 0.5) is 8.78 Å². The fourth-order valence-corrected chi connectivity index (χ4v) is 1.51. The van der Waals surface area contributed by atoms with Gasteiger partial charge in [0.15, 0.2) is 0 Å². The third-order valence-corrected chi connectivity index (χ3v) is 2.25. The summed E-state index contributed by atoms with van der Waals surface area (Å²) < 4.78 is 26.0. The first-order valence-electron chi connectivity index (χ1n) is 4.50. The number of hydrogen-bond donors (Lipinski definition) is 1. The molecule has 0 spiro atoms. The monoisotopic (exact) mass is 214 g/mol. The lowest BCUT2D eigenvalue weighted by Gasteiger charge is -2.23. The van der Waals surface area contributed by atoms with Crippen LogP contribution in [0.5, 0.6) is 0 Å². The van der Waals surface area contributed by atoms with Crippen molar-refractivity contribution in [3.63, 3.8) is 0 Å². The fraction of sp³-hybridized carbons (Fsp3) is 0.364. The predicted octanol–water partition coefficient (Wildman–Crippen LogP) is 2.72. The second kappa shape index (κ2) is 3.96. The number of hydrogen-bond acceptors (Lipinski definition) is 1. The van der Waals surface area contributed by atoms with E-state index >= 15 is 0 Å². The smallest absolute Gasteiger partial charge is 0.304 e. The van der Waals surface area contributed by atoms with E-state index in [9.17, 15) is 13.6 Å². The molecular weight excluding hydrogens is 202 g/mol. The Bertz CT molecular complexity index is 386. The molecule has 82 valence electrons. The minimum Gasteiger partial charge on any atom is -0.481 e. The van der Waals surface area contributed by atoms with Gasteiger partial charge >= 0.3 is 5.97 Å². The van der Waals surface area contributed by atoms with Gasteiger partial charge in [0, 0.05) is 11.5 Å². The van der Waals surface area contributed by atoms with Gasteiger partial charge in [0.2, 0.25) is 0 Å². The zero-order chi connectivity index (χ0) is 11.6. The van der Waals surface area contributed by atoms with Crippen LogP contribution < -0.4 is 0 Å². The molecule has 2 nitrogen and oxygen atoms in total. The van der Waals surface area contributed by atoms with Crippen molar-refractivity contribution in [1.82, 2.24) is 0 Å². The van der Waals surface area contributed by atoms with E-state index < -0.39 is 23.0 Å². The number of carboxylic acids is 1. The molecule has 0 aromatic heterocycles. The van der Waals surface area contributed by atoms with Crippen LogP contribution in [-0.2, 0) is 10.2 Å². The van der Waals surface area contributed by atoms with Crippen LogP contribution in [-0.4, -0.2) is 11.1 Å². The van der Waals surface area contributed by atoms with E-state index in [0.29, 0.717) is 0 Å². The zero-order valence-electron chi connectivity index (χ0n) is 8.55. The SMILES string of the molecule is CC(C)(CC(=O)O)c1ccc(F)cc1F. The van der Waals surface area contributed by atoms with E-state index in [0.717, 1.165) is 12.1 Å². The van der Waals surface area contributed by atoms with Gasteiger partial charge in [-0.2, -0.15) is 0 Å². The molecule has 15 heavy (non-hydrogen) atoms. The molecule has 1 aromatic rings. The Labute approximate surface area is 86.5 Å². The molecule has 0 saturated carbocycles. The van der Waals surface area contributed by atoms with Gasteiger partial charge in [0.25, 0.3) is 0 Å². The van der Waals surface area contributed by atoms with Gasteiger partial charge in [-0.05, 0) is 11.6 Å². The van der Waals surface area contributed by atoms with E-state index in [4.69, 9.17) is 5.11 Å². The van der Waals surface area contributed by atoms with Crippen LogP contribution in [0.15, 0.2) is 18.2 Å². The van der Waals surface area contributed by atoms with Crippen LogP contribution in [0.1, 0.15) is 25.8 Å². The van der Waals surface area contributed by atoms with Crippen molar-refractivity contribution >= 4 is 5.97 Å². The van der Waals surface area contributed by atoms with Gasteiger partial charge in [-0.15, -0.1) is 0 Å². The number of halogens is 2. The summed E-state index contributed by atoms with van der Waals surface area (Å²) >= 11 is 0. The third kappa shape index (κ3) is 2.75. The highest BCUT2D eigenvalue weighted by atomic mass is 19.1. The quantitative estimate of drug-likeness (QED) is 0.839. The van der Waals surface area contributed by atoms with E-state index in [1.54, 1.807) is 13.8 Å². The van der Waals surface area contributed by atoms with Crippen molar-refractivity contribution < 1.29 is 18.7 Å². The number of benzene rings is 1. The van der Waals surface area contributed by atoms with E-state index in [1.807, 2.05) is 0 Å². The van der Waals surface area contributed by atoms with Crippen molar-refractivity contribution in [2.75, 3.05) is 0 Å². The van der Waals surface area contributed by atoms with E-state index in [2.05, 4.69) is 0 Å². The molecule has 0 bridgehead atoms. The highest BCUT2D eigenvalue weighted by molar-refractivity contribution is 5.68. The Morgan fingerprint density at radius 1 is 1.40 bits per heavy atom. The Kier molecular flexibility index (Phi) is 3.07. The van der Waals surface area contributed by atoms with Crippen LogP contribution in [0, 0.1) is 11.6 Å². The molecule has 0 amide bonds.